The van der Waals surface area contributed by atoms with Gasteiger partial charge in [-0.2, -0.15) is 4.98 Å². The van der Waals surface area contributed by atoms with Crippen LogP contribution in [0.25, 0.3) is 5.69 Å². The highest BCUT2D eigenvalue weighted by Crippen LogP contribution is 2.24. The smallest absolute Gasteiger partial charge is 0.338 e. The molecule has 1 atom stereocenters. The van der Waals surface area contributed by atoms with Gasteiger partial charge in [-0.15, -0.1) is 12.4 Å². The van der Waals surface area contributed by atoms with Crippen molar-refractivity contribution in [2.24, 2.45) is 17.4 Å². The summed E-state index contributed by atoms with van der Waals surface area (Å²) < 4.78 is 1.45. The summed E-state index contributed by atoms with van der Waals surface area (Å²) in [5, 5.41) is 6.46. The molecule has 11 nitrogen and oxygen atoms in total. The predicted molar refractivity (Wildman–Crippen MR) is 164 cm³/mol. The number of hydrogen-bond acceptors (Lipinski definition) is 7. The Morgan fingerprint density at radius 3 is 2.20 bits per heavy atom. The molecule has 12 heteroatoms. The van der Waals surface area contributed by atoms with E-state index in [-0.39, 0.29) is 30.2 Å². The molecule has 2 heterocycles. The molecular weight excluding hydrogens is 544 g/mol. The zero-order valence-electron chi connectivity index (χ0n) is 24.3. The van der Waals surface area contributed by atoms with E-state index < -0.39 is 11.2 Å². The van der Waals surface area contributed by atoms with Crippen LogP contribution < -0.4 is 27.8 Å². The SMILES string of the molecule is CC(Cc1ccc(-n2ccc(NC(=O)N3CCN(C(=O)C(C)(C)N)CC3)nc2=O)cc1)NC1CCC(CN)CC1.Cl. The lowest BCUT2D eigenvalue weighted by atomic mass is 9.85. The monoisotopic (exact) mass is 588 g/mol. The summed E-state index contributed by atoms with van der Waals surface area (Å²) in [5.41, 5.74) is 12.2. The number of aromatic nitrogens is 2. The molecule has 1 aromatic heterocycles. The third-order valence-electron chi connectivity index (χ3n) is 7.90. The van der Waals surface area contributed by atoms with Crippen LogP contribution in [0.3, 0.4) is 0 Å². The number of urea groups is 1. The molecule has 41 heavy (non-hydrogen) atoms. The molecule has 4 rings (SSSR count). The molecule has 2 aromatic rings. The maximum Gasteiger partial charge on any atom is 0.354 e. The Bertz CT molecular complexity index is 1210. The first-order valence-electron chi connectivity index (χ1n) is 14.3. The number of nitrogens with zero attached hydrogens (tertiary/aromatic N) is 4. The minimum absolute atomic E-state index is 0. The van der Waals surface area contributed by atoms with E-state index in [4.69, 9.17) is 11.5 Å². The molecular formula is C29H45ClN8O3. The van der Waals surface area contributed by atoms with E-state index in [0.29, 0.717) is 49.9 Å². The zero-order chi connectivity index (χ0) is 28.9. The number of piperazine rings is 1. The zero-order valence-corrected chi connectivity index (χ0v) is 25.2. The van der Waals surface area contributed by atoms with Crippen molar-refractivity contribution in [3.05, 3.63) is 52.6 Å². The van der Waals surface area contributed by atoms with Crippen molar-refractivity contribution >= 4 is 30.2 Å². The van der Waals surface area contributed by atoms with Gasteiger partial charge in [0.2, 0.25) is 5.91 Å². The lowest BCUT2D eigenvalue weighted by molar-refractivity contribution is -0.137. The number of carbonyl (C=O) groups excluding carboxylic acids is 2. The van der Waals surface area contributed by atoms with Crippen molar-refractivity contribution in [3.63, 3.8) is 0 Å². The molecule has 2 aliphatic rings. The van der Waals surface area contributed by atoms with Gasteiger partial charge in [0.05, 0.1) is 11.2 Å². The van der Waals surface area contributed by atoms with Crippen LogP contribution in [0.4, 0.5) is 10.6 Å². The van der Waals surface area contributed by atoms with Crippen LogP contribution in [-0.4, -0.2) is 81.6 Å². The Kier molecular flexibility index (Phi) is 11.3. The van der Waals surface area contributed by atoms with Crippen LogP contribution in [0.5, 0.6) is 0 Å². The number of nitrogens with one attached hydrogen (secondary N) is 2. The Morgan fingerprint density at radius 1 is 1.02 bits per heavy atom. The summed E-state index contributed by atoms with van der Waals surface area (Å²) in [6, 6.07) is 10.1. The van der Waals surface area contributed by atoms with Crippen molar-refractivity contribution in [1.82, 2.24) is 24.7 Å². The first-order valence-corrected chi connectivity index (χ1v) is 14.3. The Morgan fingerprint density at radius 2 is 1.63 bits per heavy atom. The minimum atomic E-state index is -0.946. The van der Waals surface area contributed by atoms with Gasteiger partial charge < -0.3 is 26.6 Å². The van der Waals surface area contributed by atoms with Crippen LogP contribution in [0.1, 0.15) is 52.0 Å². The topological polar surface area (TPSA) is 152 Å². The molecule has 1 aliphatic carbocycles. The van der Waals surface area contributed by atoms with Gasteiger partial charge in [0, 0.05) is 44.5 Å². The predicted octanol–water partition coefficient (Wildman–Crippen LogP) is 2.11. The van der Waals surface area contributed by atoms with Gasteiger partial charge in [-0.1, -0.05) is 12.1 Å². The van der Waals surface area contributed by atoms with Gasteiger partial charge in [0.1, 0.15) is 5.82 Å². The van der Waals surface area contributed by atoms with Crippen molar-refractivity contribution < 1.29 is 9.59 Å². The molecule has 2 fully saturated rings. The van der Waals surface area contributed by atoms with Gasteiger partial charge >= 0.3 is 11.7 Å². The maximum absolute atomic E-state index is 12.8. The Labute approximate surface area is 248 Å². The third kappa shape index (κ3) is 8.75. The highest BCUT2D eigenvalue weighted by molar-refractivity contribution is 5.89. The minimum Gasteiger partial charge on any atom is -0.338 e. The van der Waals surface area contributed by atoms with Crippen LogP contribution in [0.15, 0.2) is 41.3 Å². The van der Waals surface area contributed by atoms with Gasteiger partial charge in [0.15, 0.2) is 0 Å². The van der Waals surface area contributed by atoms with Crippen LogP contribution in [0.2, 0.25) is 0 Å². The van der Waals surface area contributed by atoms with Crippen LogP contribution in [-0.2, 0) is 11.2 Å². The van der Waals surface area contributed by atoms with E-state index in [0.717, 1.165) is 13.0 Å². The fraction of sp³-hybridized carbons (Fsp3) is 0.586. The number of anilines is 1. The molecule has 0 spiro atoms. The van der Waals surface area contributed by atoms with E-state index in [9.17, 15) is 14.4 Å². The molecule has 226 valence electrons. The number of nitrogens with two attached hydrogens (primary N) is 2. The van der Waals surface area contributed by atoms with E-state index in [2.05, 4.69) is 22.5 Å². The molecule has 1 aliphatic heterocycles. The standard InChI is InChI=1S/C29H44N8O3.ClH/c1-20(32-23-8-4-22(19-30)5-9-23)18-21-6-10-24(11-7-21)37-13-12-25(34-28(37)40)33-27(39)36-16-14-35(15-17-36)26(38)29(2,3)31;/h6-7,10-13,20,22-23,32H,4-5,8-9,14-19,30-31H2,1-3H3,(H,33,34,39,40);1H. The quantitative estimate of drug-likeness (QED) is 0.368. The average Bonchev–Trinajstić information content (AvgIpc) is 2.93. The molecule has 1 aromatic carbocycles. The second-order valence-electron chi connectivity index (χ2n) is 11.8. The second-order valence-corrected chi connectivity index (χ2v) is 11.8. The van der Waals surface area contributed by atoms with Crippen molar-refractivity contribution in [2.75, 3.05) is 38.0 Å². The summed E-state index contributed by atoms with van der Waals surface area (Å²) in [7, 11) is 0. The van der Waals surface area contributed by atoms with Gasteiger partial charge in [-0.25, -0.2) is 9.59 Å². The molecule has 1 saturated heterocycles. The summed E-state index contributed by atoms with van der Waals surface area (Å²) in [6.45, 7) is 7.91. The van der Waals surface area contributed by atoms with E-state index >= 15 is 0 Å². The summed E-state index contributed by atoms with van der Waals surface area (Å²) in [6.07, 6.45) is 7.29. The number of rotatable bonds is 8. The molecule has 0 bridgehead atoms. The van der Waals surface area contributed by atoms with Crippen molar-refractivity contribution in [1.29, 1.82) is 0 Å². The van der Waals surface area contributed by atoms with Gasteiger partial charge in [0.25, 0.3) is 0 Å². The summed E-state index contributed by atoms with van der Waals surface area (Å²) in [4.78, 5) is 45.1. The van der Waals surface area contributed by atoms with Crippen molar-refractivity contribution in [3.8, 4) is 5.69 Å². The van der Waals surface area contributed by atoms with Crippen LogP contribution >= 0.6 is 12.4 Å². The lowest BCUT2D eigenvalue weighted by Crippen LogP contribution is -2.58. The molecule has 6 N–H and O–H groups in total. The number of hydrogen-bond donors (Lipinski definition) is 4. The van der Waals surface area contributed by atoms with Gasteiger partial charge in [-0.05, 0) is 89.1 Å². The van der Waals surface area contributed by atoms with Crippen LogP contribution in [0, 0.1) is 5.92 Å². The number of amides is 3. The summed E-state index contributed by atoms with van der Waals surface area (Å²) >= 11 is 0. The maximum atomic E-state index is 12.8. The Hall–Kier alpha value is -2.99. The fourth-order valence-corrected chi connectivity index (χ4v) is 5.55. The van der Waals surface area contributed by atoms with E-state index in [1.54, 1.807) is 35.9 Å². The first kappa shape index (κ1) is 32.5. The average molecular weight is 589 g/mol. The number of halogens is 1. The van der Waals surface area contributed by atoms with E-state index in [1.807, 2.05) is 24.3 Å². The highest BCUT2D eigenvalue weighted by Gasteiger charge is 2.31. The number of carbonyl (C=O) groups is 2. The van der Waals surface area contributed by atoms with Crippen molar-refractivity contribution in [2.45, 2.75) is 70.5 Å². The molecule has 1 unspecified atom stereocenters. The first-order chi connectivity index (χ1) is 19.0. The normalized spacial score (nSPS) is 20.2. The number of benzene rings is 1. The Balaban J connectivity index is 0.00000462. The molecule has 1 saturated carbocycles. The highest BCUT2D eigenvalue weighted by atomic mass is 35.5. The molecule has 0 radical (unpaired) electrons. The fourth-order valence-electron chi connectivity index (χ4n) is 5.55. The molecule has 3 amide bonds. The third-order valence-corrected chi connectivity index (χ3v) is 7.90. The van der Waals surface area contributed by atoms with Gasteiger partial charge in [-0.3, -0.25) is 14.7 Å². The van der Waals surface area contributed by atoms with E-state index in [1.165, 1.54) is 35.8 Å². The lowest BCUT2D eigenvalue weighted by Gasteiger charge is -2.37. The second kappa shape index (κ2) is 14.3. The summed E-state index contributed by atoms with van der Waals surface area (Å²) in [5.74, 6) is 0.718. The largest absolute Gasteiger partial charge is 0.354 e.